The number of nitrogens with one attached hydrogen (secondary N) is 2. The van der Waals surface area contributed by atoms with Gasteiger partial charge in [0.25, 0.3) is 0 Å². The lowest BCUT2D eigenvalue weighted by Gasteiger charge is -2.12. The summed E-state index contributed by atoms with van der Waals surface area (Å²) >= 11 is 3.32. The second kappa shape index (κ2) is 7.13. The highest BCUT2D eigenvalue weighted by Crippen LogP contribution is 2.28. The fourth-order valence-corrected chi connectivity index (χ4v) is 1.58. The molecule has 0 bridgehead atoms. The number of aliphatic hydroxyl groups is 1. The molecular weight excluding hydrogens is 288 g/mol. The Morgan fingerprint density at radius 2 is 2.29 bits per heavy atom. The fraction of sp³-hybridized carbons (Fsp3) is 0.364. The van der Waals surface area contributed by atoms with Gasteiger partial charge in [-0.15, -0.1) is 0 Å². The van der Waals surface area contributed by atoms with Gasteiger partial charge < -0.3 is 20.5 Å². The molecule has 17 heavy (non-hydrogen) atoms. The molecule has 0 unspecified atom stereocenters. The molecule has 0 aromatic heterocycles. The second-order valence-corrected chi connectivity index (χ2v) is 4.09. The van der Waals surface area contributed by atoms with Crippen molar-refractivity contribution in [2.24, 2.45) is 0 Å². The van der Waals surface area contributed by atoms with Crippen LogP contribution in [0.4, 0.5) is 10.5 Å². The van der Waals surface area contributed by atoms with Gasteiger partial charge in [-0.2, -0.15) is 0 Å². The number of halogens is 1. The summed E-state index contributed by atoms with van der Waals surface area (Å²) in [4.78, 5) is 11.4. The maximum atomic E-state index is 11.4. The maximum absolute atomic E-state index is 11.4. The lowest BCUT2D eigenvalue weighted by Crippen LogP contribution is -2.31. The summed E-state index contributed by atoms with van der Waals surface area (Å²) < 4.78 is 6.23. The van der Waals surface area contributed by atoms with Crippen LogP contribution in [0.25, 0.3) is 0 Å². The largest absolute Gasteiger partial charge is 0.492 e. The molecule has 0 aliphatic heterocycles. The molecule has 94 valence electrons. The van der Waals surface area contributed by atoms with Gasteiger partial charge in [-0.25, -0.2) is 4.79 Å². The highest BCUT2D eigenvalue weighted by Gasteiger charge is 2.07. The number of rotatable bonds is 5. The molecule has 0 aliphatic carbocycles. The molecule has 1 rings (SSSR count). The molecule has 0 saturated carbocycles. The summed E-state index contributed by atoms with van der Waals surface area (Å²) in [5.74, 6) is 0.606. The average molecular weight is 303 g/mol. The monoisotopic (exact) mass is 302 g/mol. The normalized spacial score (nSPS) is 9.82. The third-order valence-electron chi connectivity index (χ3n) is 1.89. The van der Waals surface area contributed by atoms with Gasteiger partial charge in [0, 0.05) is 11.0 Å². The van der Waals surface area contributed by atoms with Crippen LogP contribution in [0, 0.1) is 0 Å². The summed E-state index contributed by atoms with van der Waals surface area (Å²) in [6, 6.07) is 4.98. The van der Waals surface area contributed by atoms with E-state index in [1.54, 1.807) is 12.1 Å². The van der Waals surface area contributed by atoms with Crippen LogP contribution in [-0.4, -0.2) is 30.9 Å². The van der Waals surface area contributed by atoms with Gasteiger partial charge >= 0.3 is 6.03 Å². The Balaban J connectivity index is 2.73. The second-order valence-electron chi connectivity index (χ2n) is 3.18. The molecule has 2 amide bonds. The number of benzene rings is 1. The van der Waals surface area contributed by atoms with E-state index < -0.39 is 0 Å². The van der Waals surface area contributed by atoms with Gasteiger partial charge in [0.2, 0.25) is 0 Å². The van der Waals surface area contributed by atoms with Crippen LogP contribution < -0.4 is 15.4 Å². The molecule has 0 fully saturated rings. The van der Waals surface area contributed by atoms with E-state index in [2.05, 4.69) is 26.6 Å². The molecule has 3 N–H and O–H groups in total. The molecule has 0 atom stereocenters. The van der Waals surface area contributed by atoms with E-state index in [1.807, 2.05) is 13.0 Å². The molecule has 0 radical (unpaired) electrons. The zero-order valence-corrected chi connectivity index (χ0v) is 11.1. The van der Waals surface area contributed by atoms with Gasteiger partial charge in [0.05, 0.1) is 18.9 Å². The summed E-state index contributed by atoms with van der Waals surface area (Å²) in [5, 5.41) is 13.7. The van der Waals surface area contributed by atoms with Crippen LogP contribution in [0.1, 0.15) is 6.92 Å². The fourth-order valence-electron chi connectivity index (χ4n) is 1.22. The van der Waals surface area contributed by atoms with Crippen LogP contribution in [0.5, 0.6) is 5.75 Å². The Bertz CT molecular complexity index is 385. The van der Waals surface area contributed by atoms with E-state index in [0.717, 1.165) is 4.47 Å². The number of urea groups is 1. The van der Waals surface area contributed by atoms with Crippen molar-refractivity contribution in [3.8, 4) is 5.75 Å². The molecule has 0 spiro atoms. The topological polar surface area (TPSA) is 70.6 Å². The van der Waals surface area contributed by atoms with E-state index >= 15 is 0 Å². The molecule has 1 aromatic rings. The van der Waals surface area contributed by atoms with Crippen molar-refractivity contribution in [3.63, 3.8) is 0 Å². The molecule has 6 heteroatoms. The van der Waals surface area contributed by atoms with E-state index in [-0.39, 0.29) is 19.2 Å². The summed E-state index contributed by atoms with van der Waals surface area (Å²) in [6.45, 7) is 2.51. The van der Waals surface area contributed by atoms with Gasteiger partial charge in [0.15, 0.2) is 0 Å². The van der Waals surface area contributed by atoms with Crippen LogP contribution in [0.3, 0.4) is 0 Å². The Kier molecular flexibility index (Phi) is 5.79. The third kappa shape index (κ3) is 4.62. The maximum Gasteiger partial charge on any atom is 0.319 e. The van der Waals surface area contributed by atoms with Crippen molar-refractivity contribution in [1.82, 2.24) is 5.32 Å². The lowest BCUT2D eigenvalue weighted by molar-refractivity contribution is 0.244. The standard InChI is InChI=1S/C11H15BrN2O3/c1-2-17-10-4-3-8(12)7-9(10)14-11(16)13-5-6-15/h3-4,7,15H,2,5-6H2,1H3,(H2,13,14,16). The first-order valence-electron chi connectivity index (χ1n) is 5.25. The highest BCUT2D eigenvalue weighted by atomic mass is 79.9. The van der Waals surface area contributed by atoms with Gasteiger partial charge in [-0.3, -0.25) is 0 Å². The number of hydrogen-bond acceptors (Lipinski definition) is 3. The Hall–Kier alpha value is -1.27. The Morgan fingerprint density at radius 3 is 2.94 bits per heavy atom. The van der Waals surface area contributed by atoms with Crippen molar-refractivity contribution < 1.29 is 14.6 Å². The van der Waals surface area contributed by atoms with Crippen LogP contribution in [0.15, 0.2) is 22.7 Å². The number of ether oxygens (including phenoxy) is 1. The van der Waals surface area contributed by atoms with E-state index in [4.69, 9.17) is 9.84 Å². The Labute approximate surface area is 108 Å². The molecule has 0 heterocycles. The van der Waals surface area contributed by atoms with Crippen molar-refractivity contribution >= 4 is 27.6 Å². The van der Waals surface area contributed by atoms with E-state index in [9.17, 15) is 4.79 Å². The van der Waals surface area contributed by atoms with Gasteiger partial charge in [-0.05, 0) is 25.1 Å². The minimum Gasteiger partial charge on any atom is -0.492 e. The average Bonchev–Trinajstić information content (AvgIpc) is 2.30. The molecule has 5 nitrogen and oxygen atoms in total. The quantitative estimate of drug-likeness (QED) is 0.779. The predicted molar refractivity (Wildman–Crippen MR) is 69.4 cm³/mol. The number of aliphatic hydroxyl groups excluding tert-OH is 1. The molecular formula is C11H15BrN2O3. The first-order chi connectivity index (χ1) is 8.17. The lowest BCUT2D eigenvalue weighted by atomic mass is 10.3. The number of carbonyl (C=O) groups excluding carboxylic acids is 1. The first-order valence-corrected chi connectivity index (χ1v) is 6.04. The number of carbonyl (C=O) groups is 1. The molecule has 0 aliphatic rings. The number of hydrogen-bond donors (Lipinski definition) is 3. The van der Waals surface area contributed by atoms with E-state index in [1.165, 1.54) is 0 Å². The van der Waals surface area contributed by atoms with Crippen molar-refractivity contribution in [1.29, 1.82) is 0 Å². The SMILES string of the molecule is CCOc1ccc(Br)cc1NC(=O)NCCO. The Morgan fingerprint density at radius 1 is 1.53 bits per heavy atom. The summed E-state index contributed by atoms with van der Waals surface area (Å²) in [5.41, 5.74) is 0.580. The van der Waals surface area contributed by atoms with Gasteiger partial charge in [0.1, 0.15) is 5.75 Å². The first kappa shape index (κ1) is 13.8. The minimum atomic E-state index is -0.377. The van der Waals surface area contributed by atoms with Crippen LogP contribution in [0.2, 0.25) is 0 Å². The minimum absolute atomic E-state index is 0.0930. The summed E-state index contributed by atoms with van der Waals surface area (Å²) in [7, 11) is 0. The number of amides is 2. The zero-order chi connectivity index (χ0) is 12.7. The van der Waals surface area contributed by atoms with Crippen LogP contribution in [-0.2, 0) is 0 Å². The molecule has 0 saturated heterocycles. The predicted octanol–water partition coefficient (Wildman–Crippen LogP) is 1.96. The van der Waals surface area contributed by atoms with Crippen molar-refractivity contribution in [2.75, 3.05) is 25.1 Å². The zero-order valence-electron chi connectivity index (χ0n) is 9.50. The van der Waals surface area contributed by atoms with Crippen molar-refractivity contribution in [3.05, 3.63) is 22.7 Å². The third-order valence-corrected chi connectivity index (χ3v) is 2.38. The van der Waals surface area contributed by atoms with Crippen LogP contribution >= 0.6 is 15.9 Å². The van der Waals surface area contributed by atoms with Gasteiger partial charge in [-0.1, -0.05) is 15.9 Å². The highest BCUT2D eigenvalue weighted by molar-refractivity contribution is 9.10. The van der Waals surface area contributed by atoms with Crippen molar-refractivity contribution in [2.45, 2.75) is 6.92 Å². The smallest absolute Gasteiger partial charge is 0.319 e. The molecule has 1 aromatic carbocycles. The summed E-state index contributed by atoms with van der Waals surface area (Å²) in [6.07, 6.45) is 0. The van der Waals surface area contributed by atoms with E-state index in [0.29, 0.717) is 18.0 Å². The number of anilines is 1.